The van der Waals surface area contributed by atoms with Gasteiger partial charge in [-0.15, -0.1) is 0 Å². The number of hydrogen-bond acceptors (Lipinski definition) is 5. The second kappa shape index (κ2) is 5.98. The van der Waals surface area contributed by atoms with Crippen LogP contribution in [0, 0.1) is 21.4 Å². The van der Waals surface area contributed by atoms with Crippen LogP contribution in [0.2, 0.25) is 5.02 Å². The topological polar surface area (TPSA) is 109 Å². The predicted molar refractivity (Wildman–Crippen MR) is 75.0 cm³/mol. The number of rotatable bonds is 3. The Balaban J connectivity index is 2.27. The molecule has 1 aromatic carbocycles. The van der Waals surface area contributed by atoms with E-state index < -0.39 is 10.8 Å². The SMILES string of the molecule is N#Cc1ccc(C(=O)Nc2ccc(Cl)cc2[N+](=O)[O-])nc1. The number of aromatic nitrogens is 1. The summed E-state index contributed by atoms with van der Waals surface area (Å²) >= 11 is 5.69. The van der Waals surface area contributed by atoms with E-state index in [4.69, 9.17) is 16.9 Å². The molecule has 21 heavy (non-hydrogen) atoms. The first-order chi connectivity index (χ1) is 10.0. The lowest BCUT2D eigenvalue weighted by molar-refractivity contribution is -0.383. The Morgan fingerprint density at radius 2 is 2.14 bits per heavy atom. The Hall–Kier alpha value is -2.98. The molecule has 7 nitrogen and oxygen atoms in total. The summed E-state index contributed by atoms with van der Waals surface area (Å²) < 4.78 is 0. The van der Waals surface area contributed by atoms with Gasteiger partial charge in [-0.1, -0.05) is 11.6 Å². The maximum atomic E-state index is 12.0. The average Bonchev–Trinajstić information content (AvgIpc) is 2.49. The third kappa shape index (κ3) is 3.32. The standard InChI is InChI=1S/C13H7ClN4O3/c14-9-2-4-10(12(5-9)18(20)21)17-13(19)11-3-1-8(6-15)7-16-11/h1-5,7H,(H,17,19). The molecular weight excluding hydrogens is 296 g/mol. The van der Waals surface area contributed by atoms with Crippen LogP contribution in [-0.2, 0) is 0 Å². The van der Waals surface area contributed by atoms with Gasteiger partial charge in [-0.25, -0.2) is 4.98 Å². The van der Waals surface area contributed by atoms with E-state index in [0.717, 1.165) is 6.07 Å². The molecule has 8 heteroatoms. The average molecular weight is 303 g/mol. The van der Waals surface area contributed by atoms with Crippen molar-refractivity contribution < 1.29 is 9.72 Å². The van der Waals surface area contributed by atoms with E-state index >= 15 is 0 Å². The molecule has 104 valence electrons. The molecule has 0 unspecified atom stereocenters. The molecule has 1 amide bonds. The predicted octanol–water partition coefficient (Wildman–Crippen LogP) is 2.77. The minimum atomic E-state index is -0.645. The van der Waals surface area contributed by atoms with Crippen LogP contribution in [-0.4, -0.2) is 15.8 Å². The summed E-state index contributed by atoms with van der Waals surface area (Å²) in [6.45, 7) is 0. The van der Waals surface area contributed by atoms with Crippen LogP contribution in [0.4, 0.5) is 11.4 Å². The van der Waals surface area contributed by atoms with Crippen LogP contribution in [0.5, 0.6) is 0 Å². The Bertz CT molecular complexity index is 753. The number of halogens is 1. The Kier molecular flexibility index (Phi) is 4.11. The van der Waals surface area contributed by atoms with Crippen LogP contribution in [0.15, 0.2) is 36.5 Å². The first kappa shape index (κ1) is 14.4. The molecule has 0 saturated heterocycles. The van der Waals surface area contributed by atoms with Crippen molar-refractivity contribution in [2.45, 2.75) is 0 Å². The number of nitrogens with zero attached hydrogens (tertiary/aromatic N) is 3. The van der Waals surface area contributed by atoms with E-state index in [-0.39, 0.29) is 22.1 Å². The van der Waals surface area contributed by atoms with Crippen molar-refractivity contribution in [3.8, 4) is 6.07 Å². The number of nitro benzene ring substituents is 1. The van der Waals surface area contributed by atoms with Crippen molar-refractivity contribution in [2.75, 3.05) is 5.32 Å². The van der Waals surface area contributed by atoms with Gasteiger partial charge in [-0.3, -0.25) is 14.9 Å². The Morgan fingerprint density at radius 1 is 1.38 bits per heavy atom. The maximum absolute atomic E-state index is 12.0. The van der Waals surface area contributed by atoms with Gasteiger partial charge in [-0.2, -0.15) is 5.26 Å². The zero-order valence-corrected chi connectivity index (χ0v) is 11.2. The number of pyridine rings is 1. The number of benzene rings is 1. The van der Waals surface area contributed by atoms with E-state index in [0.29, 0.717) is 5.56 Å². The van der Waals surface area contributed by atoms with Gasteiger partial charge in [0.05, 0.1) is 10.5 Å². The minimum Gasteiger partial charge on any atom is -0.315 e. The van der Waals surface area contributed by atoms with Crippen LogP contribution in [0.3, 0.4) is 0 Å². The van der Waals surface area contributed by atoms with Crippen LogP contribution in [0.25, 0.3) is 0 Å². The molecule has 0 aliphatic heterocycles. The number of nitriles is 1. The van der Waals surface area contributed by atoms with Crippen LogP contribution >= 0.6 is 11.6 Å². The fourth-order valence-electron chi connectivity index (χ4n) is 1.54. The number of carbonyl (C=O) groups excluding carboxylic acids is 1. The maximum Gasteiger partial charge on any atom is 0.294 e. The molecule has 2 rings (SSSR count). The highest BCUT2D eigenvalue weighted by Crippen LogP contribution is 2.27. The summed E-state index contributed by atoms with van der Waals surface area (Å²) in [7, 11) is 0. The summed E-state index contributed by atoms with van der Waals surface area (Å²) in [4.78, 5) is 26.0. The molecule has 1 N–H and O–H groups in total. The molecule has 0 aliphatic rings. The lowest BCUT2D eigenvalue weighted by Gasteiger charge is -2.05. The van der Waals surface area contributed by atoms with Crippen molar-refractivity contribution in [2.24, 2.45) is 0 Å². The summed E-state index contributed by atoms with van der Waals surface area (Å²) in [5, 5.41) is 22.1. The quantitative estimate of drug-likeness (QED) is 0.692. The van der Waals surface area contributed by atoms with Gasteiger partial charge < -0.3 is 5.32 Å². The summed E-state index contributed by atoms with van der Waals surface area (Å²) in [6, 6.07) is 8.56. The zero-order valence-electron chi connectivity index (χ0n) is 10.4. The largest absolute Gasteiger partial charge is 0.315 e. The second-order valence-electron chi connectivity index (χ2n) is 3.92. The van der Waals surface area contributed by atoms with Crippen molar-refractivity contribution in [1.82, 2.24) is 4.98 Å². The highest BCUT2D eigenvalue weighted by molar-refractivity contribution is 6.31. The van der Waals surface area contributed by atoms with Gasteiger partial charge >= 0.3 is 0 Å². The number of anilines is 1. The van der Waals surface area contributed by atoms with Gasteiger partial charge in [0.15, 0.2) is 0 Å². The highest BCUT2D eigenvalue weighted by atomic mass is 35.5. The minimum absolute atomic E-state index is 0.0144. The van der Waals surface area contributed by atoms with Crippen molar-refractivity contribution in [1.29, 1.82) is 5.26 Å². The Morgan fingerprint density at radius 3 is 2.71 bits per heavy atom. The van der Waals surface area contributed by atoms with E-state index in [1.807, 2.05) is 6.07 Å². The van der Waals surface area contributed by atoms with Crippen molar-refractivity contribution in [3.63, 3.8) is 0 Å². The number of nitro groups is 1. The molecule has 0 saturated carbocycles. The third-order valence-electron chi connectivity index (χ3n) is 2.53. The molecule has 1 heterocycles. The zero-order chi connectivity index (χ0) is 15.4. The van der Waals surface area contributed by atoms with E-state index in [2.05, 4.69) is 10.3 Å². The van der Waals surface area contributed by atoms with Gasteiger partial charge in [-0.05, 0) is 24.3 Å². The fraction of sp³-hybridized carbons (Fsp3) is 0. The number of hydrogen-bond donors (Lipinski definition) is 1. The summed E-state index contributed by atoms with van der Waals surface area (Å²) in [6.07, 6.45) is 1.24. The number of nitrogens with one attached hydrogen (secondary N) is 1. The third-order valence-corrected chi connectivity index (χ3v) is 2.76. The van der Waals surface area contributed by atoms with Crippen LogP contribution < -0.4 is 5.32 Å². The molecule has 0 radical (unpaired) electrons. The molecule has 0 aliphatic carbocycles. The lowest BCUT2D eigenvalue weighted by Crippen LogP contribution is -2.14. The molecule has 0 atom stereocenters. The van der Waals surface area contributed by atoms with Gasteiger partial charge in [0.1, 0.15) is 17.5 Å². The monoisotopic (exact) mass is 302 g/mol. The second-order valence-corrected chi connectivity index (χ2v) is 4.35. The first-order valence-electron chi connectivity index (χ1n) is 5.62. The lowest BCUT2D eigenvalue weighted by atomic mass is 10.2. The molecule has 0 bridgehead atoms. The summed E-state index contributed by atoms with van der Waals surface area (Å²) in [5.74, 6) is -0.620. The smallest absolute Gasteiger partial charge is 0.294 e. The number of carbonyl (C=O) groups is 1. The van der Waals surface area contributed by atoms with Gasteiger partial charge in [0.25, 0.3) is 11.6 Å². The molecule has 0 spiro atoms. The molecule has 1 aromatic heterocycles. The Labute approximate surface area is 123 Å². The van der Waals surface area contributed by atoms with Crippen molar-refractivity contribution in [3.05, 3.63) is 62.9 Å². The normalized spacial score (nSPS) is 9.71. The van der Waals surface area contributed by atoms with Crippen molar-refractivity contribution >= 4 is 28.9 Å². The van der Waals surface area contributed by atoms with Gasteiger partial charge in [0, 0.05) is 17.3 Å². The fourth-order valence-corrected chi connectivity index (χ4v) is 1.71. The van der Waals surface area contributed by atoms with Crippen LogP contribution in [0.1, 0.15) is 16.1 Å². The molecule has 0 fully saturated rings. The molecular formula is C13H7ClN4O3. The summed E-state index contributed by atoms with van der Waals surface area (Å²) in [5.41, 5.74) is 0.0485. The first-order valence-corrected chi connectivity index (χ1v) is 6.00. The highest BCUT2D eigenvalue weighted by Gasteiger charge is 2.17. The van der Waals surface area contributed by atoms with E-state index in [1.165, 1.54) is 30.5 Å². The van der Waals surface area contributed by atoms with E-state index in [1.54, 1.807) is 0 Å². The number of amides is 1. The molecule has 2 aromatic rings. The van der Waals surface area contributed by atoms with E-state index in [9.17, 15) is 14.9 Å². The van der Waals surface area contributed by atoms with Gasteiger partial charge in [0.2, 0.25) is 0 Å².